The number of halogens is 6. The fraction of sp³-hybridized carbons (Fsp3) is 0.404. The van der Waals surface area contributed by atoms with Crippen LogP contribution >= 0.6 is 34.0 Å². The molecule has 4 heterocycles. The van der Waals surface area contributed by atoms with E-state index in [4.69, 9.17) is 13.9 Å². The van der Waals surface area contributed by atoms with Gasteiger partial charge in [0.25, 0.3) is 0 Å². The third kappa shape index (κ3) is 6.85. The molecule has 2 aromatic carbocycles. The van der Waals surface area contributed by atoms with Crippen molar-refractivity contribution in [3.63, 3.8) is 0 Å². The number of allylic oxidation sites excluding steroid dienone is 2. The minimum Gasteiger partial charge on any atom is -0.493 e. The van der Waals surface area contributed by atoms with Gasteiger partial charge in [0.2, 0.25) is 0 Å². The topological polar surface area (TPSA) is 31.6 Å². The number of hydrogen-bond acceptors (Lipinski definition) is 6. The van der Waals surface area contributed by atoms with E-state index in [1.807, 2.05) is 67.5 Å². The lowest BCUT2D eigenvalue weighted by Crippen LogP contribution is -2.48. The SMILES string of the molecule is COc1cc2oc(-c3ccc(C(C)(C)C)cc3)c(C3=C(c4cc(-c5sc(C(C)(C)C)cc5C)sc4-c4sc(C(C)(C)C)cc4C)C(F)(F)C(F)(F)C3(F)F)c2cc1OC. The van der Waals surface area contributed by atoms with Gasteiger partial charge in [-0.25, -0.2) is 0 Å². The normalized spacial score (nSPS) is 16.7. The molecule has 0 unspecified atom stereocenters. The fourth-order valence-electron chi connectivity index (χ4n) is 7.44. The minimum atomic E-state index is -5.82. The number of ether oxygens (including phenoxy) is 2. The van der Waals surface area contributed by atoms with Gasteiger partial charge < -0.3 is 13.9 Å². The van der Waals surface area contributed by atoms with E-state index in [2.05, 4.69) is 20.8 Å². The quantitative estimate of drug-likeness (QED) is 0.150. The van der Waals surface area contributed by atoms with Crippen molar-refractivity contribution in [2.24, 2.45) is 0 Å². The number of aryl methyl sites for hydroxylation is 2. The van der Waals surface area contributed by atoms with Crippen LogP contribution in [0.15, 0.2) is 59.0 Å². The molecule has 59 heavy (non-hydrogen) atoms. The molecule has 4 aromatic heterocycles. The Labute approximate surface area is 353 Å². The third-order valence-corrected chi connectivity index (χ3v) is 15.7. The Morgan fingerprint density at radius 1 is 0.576 bits per heavy atom. The van der Waals surface area contributed by atoms with Crippen LogP contribution < -0.4 is 9.47 Å². The number of hydrogen-bond donors (Lipinski definition) is 0. The summed E-state index contributed by atoms with van der Waals surface area (Å²) in [5.74, 6) is -16.5. The number of benzene rings is 2. The molecule has 12 heteroatoms. The van der Waals surface area contributed by atoms with Gasteiger partial charge in [-0.1, -0.05) is 86.6 Å². The first-order valence-electron chi connectivity index (χ1n) is 19.2. The predicted octanol–water partition coefficient (Wildman–Crippen LogP) is 16.0. The molecule has 0 aliphatic heterocycles. The first-order valence-corrected chi connectivity index (χ1v) is 21.6. The lowest BCUT2D eigenvalue weighted by atomic mass is 9.86. The summed E-state index contributed by atoms with van der Waals surface area (Å²) in [5.41, 5.74) is -2.05. The molecule has 7 rings (SSSR count). The summed E-state index contributed by atoms with van der Waals surface area (Å²) in [4.78, 5) is 4.00. The average molecular weight is 871 g/mol. The Bertz CT molecular complexity index is 2630. The Hall–Kier alpha value is -4.00. The molecule has 0 saturated carbocycles. The largest absolute Gasteiger partial charge is 0.493 e. The van der Waals surface area contributed by atoms with Crippen molar-refractivity contribution in [3.8, 4) is 42.3 Å². The molecule has 0 atom stereocenters. The highest BCUT2D eigenvalue weighted by molar-refractivity contribution is 7.27. The van der Waals surface area contributed by atoms with Crippen LogP contribution in [-0.4, -0.2) is 32.0 Å². The molecule has 0 bridgehead atoms. The Morgan fingerprint density at radius 3 is 1.59 bits per heavy atom. The van der Waals surface area contributed by atoms with Crippen molar-refractivity contribution in [2.45, 2.75) is 110 Å². The Balaban J connectivity index is 1.66. The van der Waals surface area contributed by atoms with Gasteiger partial charge in [0.1, 0.15) is 11.3 Å². The number of fused-ring (bicyclic) bond motifs is 1. The number of rotatable bonds is 7. The fourth-order valence-corrected chi connectivity index (χ4v) is 11.4. The van der Waals surface area contributed by atoms with E-state index in [1.165, 1.54) is 55.1 Å². The maximum atomic E-state index is 17.1. The third-order valence-electron chi connectivity index (χ3n) is 10.9. The Kier molecular flexibility index (Phi) is 10.2. The van der Waals surface area contributed by atoms with E-state index in [1.54, 1.807) is 24.3 Å². The summed E-state index contributed by atoms with van der Waals surface area (Å²) in [6.45, 7) is 22.0. The van der Waals surface area contributed by atoms with Crippen LogP contribution in [0.3, 0.4) is 0 Å². The van der Waals surface area contributed by atoms with Gasteiger partial charge in [-0.3, -0.25) is 0 Å². The number of furan rings is 1. The van der Waals surface area contributed by atoms with Crippen molar-refractivity contribution in [2.75, 3.05) is 14.2 Å². The lowest BCUT2D eigenvalue weighted by molar-refractivity contribution is -0.254. The van der Waals surface area contributed by atoms with Gasteiger partial charge >= 0.3 is 17.8 Å². The van der Waals surface area contributed by atoms with Gasteiger partial charge in [-0.05, 0) is 71.0 Å². The van der Waals surface area contributed by atoms with Gasteiger partial charge in [-0.2, -0.15) is 26.3 Å². The second-order valence-electron chi connectivity index (χ2n) is 18.4. The molecule has 3 nitrogen and oxygen atoms in total. The molecular formula is C47H48F6O3S3. The average Bonchev–Trinajstić information content (AvgIpc) is 3.93. The van der Waals surface area contributed by atoms with Crippen LogP contribution in [0.25, 0.3) is 52.9 Å². The van der Waals surface area contributed by atoms with Crippen LogP contribution in [0.4, 0.5) is 26.3 Å². The van der Waals surface area contributed by atoms with Crippen molar-refractivity contribution < 1.29 is 40.2 Å². The summed E-state index contributed by atoms with van der Waals surface area (Å²) in [6.07, 6.45) is 0. The molecule has 0 radical (unpaired) electrons. The van der Waals surface area contributed by atoms with E-state index >= 15 is 26.3 Å². The second kappa shape index (κ2) is 14.0. The maximum absolute atomic E-state index is 17.1. The number of alkyl halides is 6. The highest BCUT2D eigenvalue weighted by atomic mass is 32.1. The summed E-state index contributed by atoms with van der Waals surface area (Å²) >= 11 is 3.98. The second-order valence-corrected chi connectivity index (χ2v) is 21.6. The predicted molar refractivity (Wildman–Crippen MR) is 233 cm³/mol. The lowest BCUT2D eigenvalue weighted by Gasteiger charge is -2.26. The maximum Gasteiger partial charge on any atom is 0.380 e. The van der Waals surface area contributed by atoms with Crippen LogP contribution in [0.2, 0.25) is 0 Å². The van der Waals surface area contributed by atoms with Gasteiger partial charge in [0.05, 0.1) is 19.1 Å². The van der Waals surface area contributed by atoms with E-state index in [0.29, 0.717) is 9.75 Å². The molecule has 0 fully saturated rings. The zero-order valence-corrected chi connectivity index (χ0v) is 37.9. The Morgan fingerprint density at radius 2 is 1.08 bits per heavy atom. The van der Waals surface area contributed by atoms with Crippen LogP contribution in [-0.2, 0) is 16.2 Å². The first-order chi connectivity index (χ1) is 27.1. The zero-order chi connectivity index (χ0) is 43.6. The van der Waals surface area contributed by atoms with Gasteiger partial charge in [-0.15, -0.1) is 34.0 Å². The van der Waals surface area contributed by atoms with E-state index in [0.717, 1.165) is 42.7 Å². The molecule has 0 saturated heterocycles. The summed E-state index contributed by atoms with van der Waals surface area (Å²) in [5, 5.41) is -0.110. The molecule has 0 amide bonds. The van der Waals surface area contributed by atoms with Gasteiger partial charge in [0.15, 0.2) is 11.5 Å². The van der Waals surface area contributed by atoms with Crippen molar-refractivity contribution in [1.29, 1.82) is 0 Å². The number of methoxy groups -OCH3 is 2. The summed E-state index contributed by atoms with van der Waals surface area (Å²) < 4.78 is 118. The molecule has 1 aliphatic rings. The smallest absolute Gasteiger partial charge is 0.380 e. The molecular weight excluding hydrogens is 823 g/mol. The summed E-state index contributed by atoms with van der Waals surface area (Å²) in [6, 6.07) is 14.9. The first kappa shape index (κ1) is 43.1. The molecule has 314 valence electrons. The minimum absolute atomic E-state index is 0.0344. The van der Waals surface area contributed by atoms with E-state index in [9.17, 15) is 0 Å². The van der Waals surface area contributed by atoms with Crippen molar-refractivity contribution >= 4 is 56.1 Å². The van der Waals surface area contributed by atoms with Crippen LogP contribution in [0.5, 0.6) is 11.5 Å². The van der Waals surface area contributed by atoms with Crippen LogP contribution in [0, 0.1) is 13.8 Å². The zero-order valence-electron chi connectivity index (χ0n) is 35.4. The summed E-state index contributed by atoms with van der Waals surface area (Å²) in [7, 11) is 2.71. The van der Waals surface area contributed by atoms with Gasteiger partial charge in [0, 0.05) is 63.7 Å². The van der Waals surface area contributed by atoms with E-state index < -0.39 is 34.5 Å². The highest BCUT2D eigenvalue weighted by Crippen LogP contribution is 2.68. The van der Waals surface area contributed by atoms with E-state index in [-0.39, 0.29) is 60.5 Å². The standard InChI is InChI=1S/C47H48F6O3S3/c1-23-18-33(43(6,7)8)58-39(23)32-21-28(41(57-32)40-24(2)19-34(59-40)44(9,10)11)36-37(46(50,51)47(52,53)45(36,48)49)35-27-20-30(54-12)31(55-13)22-29(27)56-38(35)25-14-16-26(17-15-25)42(3,4)5/h14-22H,1-13H3. The highest BCUT2D eigenvalue weighted by Gasteiger charge is 2.81. The molecule has 0 spiro atoms. The molecule has 1 aliphatic carbocycles. The van der Waals surface area contributed by atoms with Crippen LogP contribution in [0.1, 0.15) is 99.9 Å². The monoisotopic (exact) mass is 870 g/mol. The molecule has 6 aromatic rings. The molecule has 0 N–H and O–H groups in total. The number of thiophene rings is 3. The van der Waals surface area contributed by atoms with Crippen molar-refractivity contribution in [1.82, 2.24) is 0 Å². The van der Waals surface area contributed by atoms with Crippen molar-refractivity contribution in [3.05, 3.63) is 92.2 Å².